The fourth-order valence-corrected chi connectivity index (χ4v) is 10.5. The zero-order valence-corrected chi connectivity index (χ0v) is 53.3. The number of likely N-dealkylation sites (N-methyl/N-ethyl adjacent to an activating group) is 1. The maximum absolute atomic E-state index is 13.5. The van der Waals surface area contributed by atoms with Crippen LogP contribution in [0.1, 0.15) is 323 Å². The summed E-state index contributed by atoms with van der Waals surface area (Å²) in [4.78, 5) is 40.0. The van der Waals surface area contributed by atoms with Crippen molar-refractivity contribution in [2.45, 2.75) is 335 Å². The van der Waals surface area contributed by atoms with E-state index in [0.717, 1.165) is 83.5 Å². The number of carbonyl (C=O) groups is 2. The number of nitrogens with zero attached hydrogens (tertiary/aromatic N) is 1. The molecular formula is C68H129N2O7P. The molecule has 9 nitrogen and oxygen atoms in total. The summed E-state index contributed by atoms with van der Waals surface area (Å²) in [7, 11) is 1.18. The second-order valence-corrected chi connectivity index (χ2v) is 25.4. The zero-order valence-electron chi connectivity index (χ0n) is 52.4. The average molecular weight is 1120 g/mol. The largest absolute Gasteiger partial charge is 0.756 e. The number of phosphoric acid groups is 1. The maximum atomic E-state index is 13.5. The average Bonchev–Trinajstić information content (AvgIpc) is 3.40. The lowest BCUT2D eigenvalue weighted by atomic mass is 10.0. The highest BCUT2D eigenvalue weighted by Crippen LogP contribution is 2.38. The number of phosphoric ester groups is 1. The Morgan fingerprint density at radius 3 is 1.19 bits per heavy atom. The number of amides is 1. The number of ether oxygens (including phenoxy) is 1. The van der Waals surface area contributed by atoms with Crippen LogP contribution in [-0.2, 0) is 27.9 Å². The number of quaternary nitrogens is 1. The van der Waals surface area contributed by atoms with Crippen molar-refractivity contribution in [3.8, 4) is 0 Å². The smallest absolute Gasteiger partial charge is 0.306 e. The Morgan fingerprint density at radius 1 is 0.449 bits per heavy atom. The predicted molar refractivity (Wildman–Crippen MR) is 335 cm³/mol. The van der Waals surface area contributed by atoms with Crippen molar-refractivity contribution in [2.75, 3.05) is 40.9 Å². The number of carbonyl (C=O) groups excluding carboxylic acids is 2. The molecule has 458 valence electrons. The Labute approximate surface area is 484 Å². The number of hydrogen-bond donors (Lipinski definition) is 1. The molecule has 0 aliphatic carbocycles. The molecule has 0 aromatic rings. The topological polar surface area (TPSA) is 114 Å². The van der Waals surface area contributed by atoms with Gasteiger partial charge in [0.05, 0.1) is 33.8 Å². The van der Waals surface area contributed by atoms with E-state index in [4.69, 9.17) is 13.8 Å². The molecule has 0 spiro atoms. The van der Waals surface area contributed by atoms with Gasteiger partial charge in [0.1, 0.15) is 19.3 Å². The van der Waals surface area contributed by atoms with E-state index >= 15 is 0 Å². The quantitative estimate of drug-likeness (QED) is 0.0161. The van der Waals surface area contributed by atoms with Gasteiger partial charge in [0, 0.05) is 12.8 Å². The summed E-state index contributed by atoms with van der Waals surface area (Å²) in [6.45, 7) is 6.83. The first-order valence-electron chi connectivity index (χ1n) is 33.5. The summed E-state index contributed by atoms with van der Waals surface area (Å²) in [5.74, 6) is -0.543. The molecule has 0 heterocycles. The summed E-state index contributed by atoms with van der Waals surface area (Å²) in [5, 5.41) is 3.03. The van der Waals surface area contributed by atoms with Crippen molar-refractivity contribution in [3.63, 3.8) is 0 Å². The van der Waals surface area contributed by atoms with Gasteiger partial charge >= 0.3 is 5.97 Å². The van der Waals surface area contributed by atoms with Crippen molar-refractivity contribution in [1.29, 1.82) is 0 Å². The Balaban J connectivity index is 5.07. The minimum absolute atomic E-state index is 0.0238. The molecule has 0 aliphatic rings. The van der Waals surface area contributed by atoms with Gasteiger partial charge < -0.3 is 28.5 Å². The van der Waals surface area contributed by atoms with Gasteiger partial charge in [-0.1, -0.05) is 275 Å². The lowest BCUT2D eigenvalue weighted by Gasteiger charge is -2.30. The van der Waals surface area contributed by atoms with Gasteiger partial charge in [0.15, 0.2) is 0 Å². The van der Waals surface area contributed by atoms with Crippen LogP contribution in [0.2, 0.25) is 0 Å². The zero-order chi connectivity index (χ0) is 57.2. The molecule has 0 aliphatic heterocycles. The first-order chi connectivity index (χ1) is 37.9. The molecule has 3 unspecified atom stereocenters. The highest BCUT2D eigenvalue weighted by molar-refractivity contribution is 7.45. The molecule has 0 aromatic heterocycles. The molecule has 3 atom stereocenters. The number of esters is 1. The molecule has 0 aromatic carbocycles. The summed E-state index contributed by atoms with van der Waals surface area (Å²) in [5.41, 5.74) is 0. The van der Waals surface area contributed by atoms with Crippen LogP contribution in [0.15, 0.2) is 48.6 Å². The Bertz CT molecular complexity index is 1470. The summed E-state index contributed by atoms with van der Waals surface area (Å²) < 4.78 is 30.4. The van der Waals surface area contributed by atoms with Gasteiger partial charge in [-0.05, 0) is 83.1 Å². The number of nitrogens with one attached hydrogen (secondary N) is 1. The third kappa shape index (κ3) is 58.6. The highest BCUT2D eigenvalue weighted by Gasteiger charge is 2.27. The molecule has 78 heavy (non-hydrogen) atoms. The van der Waals surface area contributed by atoms with Gasteiger partial charge in [0.2, 0.25) is 5.91 Å². The molecule has 0 bridgehead atoms. The fraction of sp³-hybridized carbons (Fsp3) is 0.853. The minimum Gasteiger partial charge on any atom is -0.756 e. The maximum Gasteiger partial charge on any atom is 0.306 e. The van der Waals surface area contributed by atoms with Crippen LogP contribution in [0.4, 0.5) is 0 Å². The Hall–Kier alpha value is -2.03. The molecule has 0 saturated carbocycles. The van der Waals surface area contributed by atoms with Crippen LogP contribution in [0.5, 0.6) is 0 Å². The van der Waals surface area contributed by atoms with Crippen molar-refractivity contribution in [2.24, 2.45) is 0 Å². The molecule has 10 heteroatoms. The summed E-state index contributed by atoms with van der Waals surface area (Å²) in [6.07, 6.45) is 72.3. The Kier molecular flexibility index (Phi) is 56.7. The first kappa shape index (κ1) is 76.0. The van der Waals surface area contributed by atoms with Crippen molar-refractivity contribution in [1.82, 2.24) is 5.32 Å². The molecule has 1 amide bonds. The summed E-state index contributed by atoms with van der Waals surface area (Å²) >= 11 is 0. The van der Waals surface area contributed by atoms with Gasteiger partial charge in [-0.25, -0.2) is 0 Å². The molecule has 0 saturated heterocycles. The van der Waals surface area contributed by atoms with E-state index in [0.29, 0.717) is 17.4 Å². The first-order valence-corrected chi connectivity index (χ1v) is 34.9. The van der Waals surface area contributed by atoms with E-state index in [9.17, 15) is 19.0 Å². The second kappa shape index (κ2) is 58.2. The number of rotatable bonds is 61. The molecule has 1 N–H and O–H groups in total. The lowest BCUT2D eigenvalue weighted by molar-refractivity contribution is -0.870. The van der Waals surface area contributed by atoms with E-state index < -0.39 is 26.6 Å². The molecular weight excluding hydrogens is 988 g/mol. The van der Waals surface area contributed by atoms with Crippen LogP contribution in [0.25, 0.3) is 0 Å². The van der Waals surface area contributed by atoms with E-state index in [1.54, 1.807) is 0 Å². The van der Waals surface area contributed by atoms with Gasteiger partial charge in [-0.3, -0.25) is 14.2 Å². The minimum atomic E-state index is -4.70. The molecule has 0 rings (SSSR count). The Morgan fingerprint density at radius 2 is 0.782 bits per heavy atom. The third-order valence-corrected chi connectivity index (χ3v) is 16.0. The third-order valence-electron chi connectivity index (χ3n) is 15.0. The number of hydrogen-bond acceptors (Lipinski definition) is 7. The van der Waals surface area contributed by atoms with E-state index in [1.807, 2.05) is 33.3 Å². The monoisotopic (exact) mass is 1120 g/mol. The number of allylic oxidation sites excluding steroid dienone is 7. The van der Waals surface area contributed by atoms with Crippen LogP contribution in [-0.4, -0.2) is 69.4 Å². The fourth-order valence-electron chi connectivity index (χ4n) is 9.80. The van der Waals surface area contributed by atoms with Crippen molar-refractivity contribution < 1.29 is 37.3 Å². The standard InChI is InChI=1S/C68H129N2O7P/c1-7-10-13-16-19-22-25-28-30-31-32-33-34-35-36-37-38-39-41-43-46-49-52-55-58-61-68(72)77-66(59-56-53-50-47-44-27-24-21-18-15-12-9-3)65(64-76-78(73,74)75-63-62-70(4,5)6)69-67(71)60-57-54-51-48-45-42-40-29-26-23-20-17-14-11-8-2/h20,23,26,28-30,56,59,65-66H,7-19,21-22,24-25,27,31-55,57-58,60-64H2,1-6H3,(H-,69,71,73,74)/b23-20+,29-26+,30-28+,59-56-. The SMILES string of the molecule is CCCCC/C=C/C=C/CCCCCCCCC(=O)NC(COP(=O)([O-])OCC[N+](C)(C)C)C(/C=C\CCCCCCCCCCCC)OC(=O)CCCCCCCCCCCCCCCCC/C=C/CCCCCCCC. The van der Waals surface area contributed by atoms with Gasteiger partial charge in [0.25, 0.3) is 7.82 Å². The summed E-state index contributed by atoms with van der Waals surface area (Å²) in [6, 6.07) is -0.893. The van der Waals surface area contributed by atoms with E-state index in [1.165, 1.54) is 205 Å². The van der Waals surface area contributed by atoms with Crippen LogP contribution < -0.4 is 10.2 Å². The number of unbranched alkanes of at least 4 members (excludes halogenated alkanes) is 40. The molecule has 0 fully saturated rings. The van der Waals surface area contributed by atoms with Gasteiger partial charge in [-0.15, -0.1) is 0 Å². The molecule has 0 radical (unpaired) electrons. The van der Waals surface area contributed by atoms with Gasteiger partial charge in [-0.2, -0.15) is 0 Å². The van der Waals surface area contributed by atoms with Crippen molar-refractivity contribution >= 4 is 19.7 Å². The van der Waals surface area contributed by atoms with E-state index in [2.05, 4.69) is 62.5 Å². The van der Waals surface area contributed by atoms with E-state index in [-0.39, 0.29) is 24.9 Å². The van der Waals surface area contributed by atoms with Crippen LogP contribution in [0, 0.1) is 0 Å². The van der Waals surface area contributed by atoms with Crippen LogP contribution >= 0.6 is 7.82 Å². The van der Waals surface area contributed by atoms with Crippen LogP contribution in [0.3, 0.4) is 0 Å². The highest BCUT2D eigenvalue weighted by atomic mass is 31.2. The lowest BCUT2D eigenvalue weighted by Crippen LogP contribution is -2.47. The normalized spacial score (nSPS) is 13.9. The van der Waals surface area contributed by atoms with Crippen molar-refractivity contribution in [3.05, 3.63) is 48.6 Å². The second-order valence-electron chi connectivity index (χ2n) is 24.0. The predicted octanol–water partition coefficient (Wildman–Crippen LogP) is 20.2.